The number of thiol groups is 1. The molecule has 2 aromatic carbocycles. The SMILES string of the molecule is CN=CC(=CN)Nc1ccc2c(c1)C(=O)N(C[C@H](S)CN1CCc3ccccc3C1)CCO2. The van der Waals surface area contributed by atoms with E-state index in [4.69, 9.17) is 23.1 Å². The Labute approximate surface area is 200 Å². The van der Waals surface area contributed by atoms with Crippen LogP contribution in [0.1, 0.15) is 21.5 Å². The van der Waals surface area contributed by atoms with Gasteiger partial charge in [-0.25, -0.2) is 0 Å². The van der Waals surface area contributed by atoms with Crippen LogP contribution in [0.3, 0.4) is 0 Å². The summed E-state index contributed by atoms with van der Waals surface area (Å²) in [6, 6.07) is 14.1. The highest BCUT2D eigenvalue weighted by Gasteiger charge is 2.26. The van der Waals surface area contributed by atoms with Crippen LogP contribution in [0.4, 0.5) is 5.69 Å². The number of nitrogens with one attached hydrogen (secondary N) is 1. The van der Waals surface area contributed by atoms with Gasteiger partial charge in [0.15, 0.2) is 0 Å². The number of rotatable bonds is 7. The lowest BCUT2D eigenvalue weighted by Gasteiger charge is -2.32. The highest BCUT2D eigenvalue weighted by atomic mass is 32.1. The lowest BCUT2D eigenvalue weighted by molar-refractivity contribution is 0.0750. The molecule has 1 amide bonds. The zero-order valence-electron chi connectivity index (χ0n) is 18.9. The predicted molar refractivity (Wildman–Crippen MR) is 136 cm³/mol. The molecule has 2 heterocycles. The quantitative estimate of drug-likeness (QED) is 0.433. The van der Waals surface area contributed by atoms with Crippen molar-refractivity contribution >= 4 is 30.4 Å². The second kappa shape index (κ2) is 10.8. The number of carbonyl (C=O) groups excluding carboxylic acids is 1. The Morgan fingerprint density at radius 1 is 1.24 bits per heavy atom. The molecule has 174 valence electrons. The molecule has 7 nitrogen and oxygen atoms in total. The summed E-state index contributed by atoms with van der Waals surface area (Å²) >= 11 is 4.84. The van der Waals surface area contributed by atoms with Crippen molar-refractivity contribution in [2.75, 3.05) is 45.2 Å². The minimum atomic E-state index is -0.0448. The van der Waals surface area contributed by atoms with Crippen LogP contribution in [-0.4, -0.2) is 67.0 Å². The van der Waals surface area contributed by atoms with Crippen LogP contribution in [0.25, 0.3) is 0 Å². The molecule has 2 aromatic rings. The van der Waals surface area contributed by atoms with Gasteiger partial charge < -0.3 is 20.7 Å². The molecule has 0 aliphatic carbocycles. The van der Waals surface area contributed by atoms with Crippen molar-refractivity contribution in [3.8, 4) is 5.75 Å². The van der Waals surface area contributed by atoms with Gasteiger partial charge in [0.25, 0.3) is 5.91 Å². The van der Waals surface area contributed by atoms with E-state index in [2.05, 4.69) is 39.5 Å². The standard InChI is InChI=1S/C25H31N5O2S/c1-27-14-21(13-26)28-20-6-7-24-23(12-20)25(31)30(10-11-32-24)17-22(33)16-29-9-8-18-4-2-3-5-19(18)15-29/h2-7,12-14,22,28,33H,8-11,15-17,26H2,1H3/t22-/m1/s1. The molecule has 4 rings (SSSR count). The van der Waals surface area contributed by atoms with Gasteiger partial charge in [0, 0.05) is 56.6 Å². The Balaban J connectivity index is 1.41. The van der Waals surface area contributed by atoms with Gasteiger partial charge in [0.2, 0.25) is 0 Å². The monoisotopic (exact) mass is 465 g/mol. The van der Waals surface area contributed by atoms with Crippen molar-refractivity contribution in [3.05, 3.63) is 71.1 Å². The van der Waals surface area contributed by atoms with E-state index in [0.717, 1.165) is 31.7 Å². The molecule has 0 fully saturated rings. The third-order valence-corrected chi connectivity index (χ3v) is 6.29. The highest BCUT2D eigenvalue weighted by molar-refractivity contribution is 7.81. The number of nitrogens with zero attached hydrogens (tertiary/aromatic N) is 3. The zero-order valence-corrected chi connectivity index (χ0v) is 19.8. The molecular weight excluding hydrogens is 434 g/mol. The fourth-order valence-electron chi connectivity index (χ4n) is 4.36. The van der Waals surface area contributed by atoms with Crippen molar-refractivity contribution in [1.29, 1.82) is 0 Å². The van der Waals surface area contributed by atoms with Gasteiger partial charge in [-0.2, -0.15) is 12.6 Å². The summed E-state index contributed by atoms with van der Waals surface area (Å²) in [6.07, 6.45) is 4.12. The molecule has 0 aromatic heterocycles. The van der Waals surface area contributed by atoms with Crippen LogP contribution in [0.5, 0.6) is 5.75 Å². The molecule has 1 atom stereocenters. The summed E-state index contributed by atoms with van der Waals surface area (Å²) in [7, 11) is 1.67. The lowest BCUT2D eigenvalue weighted by atomic mass is 10.00. The largest absolute Gasteiger partial charge is 0.491 e. The van der Waals surface area contributed by atoms with E-state index in [0.29, 0.717) is 36.7 Å². The van der Waals surface area contributed by atoms with E-state index in [9.17, 15) is 4.79 Å². The Kier molecular flexibility index (Phi) is 7.57. The van der Waals surface area contributed by atoms with Crippen LogP contribution in [-0.2, 0) is 13.0 Å². The van der Waals surface area contributed by atoms with Crippen molar-refractivity contribution in [3.63, 3.8) is 0 Å². The summed E-state index contributed by atoms with van der Waals surface area (Å²) in [5, 5.41) is 3.23. The molecule has 33 heavy (non-hydrogen) atoms. The maximum absolute atomic E-state index is 13.4. The van der Waals surface area contributed by atoms with Gasteiger partial charge in [-0.05, 0) is 35.7 Å². The van der Waals surface area contributed by atoms with E-state index < -0.39 is 0 Å². The third kappa shape index (κ3) is 5.69. The molecule has 0 saturated heterocycles. The topological polar surface area (TPSA) is 83.2 Å². The maximum atomic E-state index is 13.4. The number of ether oxygens (including phenoxy) is 1. The minimum absolute atomic E-state index is 0.0448. The number of hydrogen-bond donors (Lipinski definition) is 3. The molecule has 2 aliphatic rings. The van der Waals surface area contributed by atoms with Gasteiger partial charge >= 0.3 is 0 Å². The second-order valence-corrected chi connectivity index (χ2v) is 9.08. The molecule has 3 N–H and O–H groups in total. The third-order valence-electron chi connectivity index (χ3n) is 5.96. The van der Waals surface area contributed by atoms with Crippen LogP contribution in [0, 0.1) is 0 Å². The first-order valence-corrected chi connectivity index (χ1v) is 11.7. The minimum Gasteiger partial charge on any atom is -0.491 e. The first kappa shape index (κ1) is 23.2. The summed E-state index contributed by atoms with van der Waals surface area (Å²) in [5.41, 5.74) is 10.4. The first-order chi connectivity index (χ1) is 16.1. The summed E-state index contributed by atoms with van der Waals surface area (Å²) < 4.78 is 5.86. The van der Waals surface area contributed by atoms with Crippen LogP contribution in [0.15, 0.2) is 59.4 Å². The first-order valence-electron chi connectivity index (χ1n) is 11.2. The Morgan fingerprint density at radius 3 is 2.85 bits per heavy atom. The summed E-state index contributed by atoms with van der Waals surface area (Å²) in [6.45, 7) is 4.34. The molecule has 0 radical (unpaired) electrons. The van der Waals surface area contributed by atoms with Gasteiger partial charge in [-0.1, -0.05) is 24.3 Å². The number of allylic oxidation sites excluding steroid dienone is 1. The fourth-order valence-corrected chi connectivity index (χ4v) is 4.78. The van der Waals surface area contributed by atoms with Gasteiger partial charge in [-0.15, -0.1) is 0 Å². The maximum Gasteiger partial charge on any atom is 0.257 e. The van der Waals surface area contributed by atoms with Crippen LogP contribution < -0.4 is 15.8 Å². The Morgan fingerprint density at radius 2 is 2.06 bits per heavy atom. The highest BCUT2D eigenvalue weighted by Crippen LogP contribution is 2.27. The van der Waals surface area contributed by atoms with Crippen molar-refractivity contribution in [2.45, 2.75) is 18.2 Å². The number of fused-ring (bicyclic) bond motifs is 2. The number of hydrogen-bond acceptors (Lipinski definition) is 7. The summed E-state index contributed by atoms with van der Waals surface area (Å²) in [4.78, 5) is 21.6. The molecule has 0 spiro atoms. The van der Waals surface area contributed by atoms with Crippen molar-refractivity contribution < 1.29 is 9.53 Å². The van der Waals surface area contributed by atoms with Crippen LogP contribution in [0.2, 0.25) is 0 Å². The zero-order chi connectivity index (χ0) is 23.2. The predicted octanol–water partition coefficient (Wildman–Crippen LogP) is 2.79. The van der Waals surface area contributed by atoms with Crippen molar-refractivity contribution in [2.24, 2.45) is 10.7 Å². The van der Waals surface area contributed by atoms with Gasteiger partial charge in [0.1, 0.15) is 12.4 Å². The van der Waals surface area contributed by atoms with E-state index in [1.54, 1.807) is 19.3 Å². The number of nitrogens with two attached hydrogens (primary N) is 1. The van der Waals surface area contributed by atoms with E-state index in [1.807, 2.05) is 17.0 Å². The summed E-state index contributed by atoms with van der Waals surface area (Å²) in [5.74, 6) is 0.551. The second-order valence-electron chi connectivity index (χ2n) is 8.35. The van der Waals surface area contributed by atoms with Crippen LogP contribution >= 0.6 is 12.6 Å². The van der Waals surface area contributed by atoms with E-state index in [1.165, 1.54) is 17.3 Å². The number of carbonyl (C=O) groups is 1. The Bertz CT molecular complexity index is 1050. The number of amides is 1. The smallest absolute Gasteiger partial charge is 0.257 e. The number of aliphatic imine (C=N–C) groups is 1. The normalized spacial score (nSPS) is 17.8. The fraction of sp³-hybridized carbons (Fsp3) is 0.360. The molecule has 0 saturated carbocycles. The number of benzene rings is 2. The molecule has 2 aliphatic heterocycles. The molecule has 0 unspecified atom stereocenters. The lowest BCUT2D eigenvalue weighted by Crippen LogP contribution is -2.42. The van der Waals surface area contributed by atoms with Gasteiger partial charge in [0.05, 0.1) is 17.8 Å². The van der Waals surface area contributed by atoms with Crippen molar-refractivity contribution in [1.82, 2.24) is 9.80 Å². The molecule has 8 heteroatoms. The average molecular weight is 466 g/mol. The van der Waals surface area contributed by atoms with E-state index >= 15 is 0 Å². The average Bonchev–Trinajstić information content (AvgIpc) is 2.97. The Hall–Kier alpha value is -2.97. The number of anilines is 1. The molecule has 0 bridgehead atoms. The van der Waals surface area contributed by atoms with E-state index in [-0.39, 0.29) is 11.2 Å². The van der Waals surface area contributed by atoms with Gasteiger partial charge in [-0.3, -0.25) is 14.7 Å². The molecular formula is C25H31N5O2S.